The molecule has 0 aromatic heterocycles. The molecule has 1 nitrogen and oxygen atoms in total. The quantitative estimate of drug-likeness (QED) is 0.617. The van der Waals surface area contributed by atoms with E-state index in [1.807, 2.05) is 13.8 Å². The summed E-state index contributed by atoms with van der Waals surface area (Å²) in [5, 5.41) is 0. The van der Waals surface area contributed by atoms with Gasteiger partial charge in [0.15, 0.2) is 0 Å². The van der Waals surface area contributed by atoms with E-state index in [-0.39, 0.29) is 18.4 Å². The minimum Gasteiger partial charge on any atom is -0.371 e. The molecule has 4 atom stereocenters. The van der Waals surface area contributed by atoms with Crippen LogP contribution in [0.3, 0.4) is 0 Å². The number of alkyl halides is 2. The van der Waals surface area contributed by atoms with Crippen LogP contribution in [0.15, 0.2) is 0 Å². The highest BCUT2D eigenvalue weighted by molar-refractivity contribution is 5.11. The molecule has 0 aromatic rings. The number of hydrogen-bond acceptors (Lipinski definition) is 1. The van der Waals surface area contributed by atoms with E-state index in [9.17, 15) is 8.78 Å². The van der Waals surface area contributed by atoms with Gasteiger partial charge < -0.3 is 4.74 Å². The van der Waals surface area contributed by atoms with Gasteiger partial charge in [-0.3, -0.25) is 0 Å². The SMILES string of the molecule is CC[C@]12CC(F)(F)[C@H]([C@H](C)O1)[C@H]2C. The Hall–Kier alpha value is -0.180. The summed E-state index contributed by atoms with van der Waals surface area (Å²) >= 11 is 0. The lowest BCUT2D eigenvalue weighted by atomic mass is 9.87. The Morgan fingerprint density at radius 3 is 2.31 bits per heavy atom. The molecule has 2 fully saturated rings. The van der Waals surface area contributed by atoms with Crippen molar-refractivity contribution in [1.82, 2.24) is 0 Å². The summed E-state index contributed by atoms with van der Waals surface area (Å²) < 4.78 is 32.6. The lowest BCUT2D eigenvalue weighted by Crippen LogP contribution is -2.40. The molecule has 1 saturated carbocycles. The van der Waals surface area contributed by atoms with E-state index in [1.165, 1.54) is 0 Å². The van der Waals surface area contributed by atoms with Crippen LogP contribution in [-0.4, -0.2) is 17.6 Å². The predicted octanol–water partition coefficient (Wildman–Crippen LogP) is 2.85. The monoisotopic (exact) mass is 190 g/mol. The summed E-state index contributed by atoms with van der Waals surface area (Å²) in [6.45, 7) is 5.61. The molecule has 0 aromatic carbocycles. The summed E-state index contributed by atoms with van der Waals surface area (Å²) in [6, 6.07) is 0. The van der Waals surface area contributed by atoms with Gasteiger partial charge in [-0.2, -0.15) is 0 Å². The number of hydrogen-bond donors (Lipinski definition) is 0. The van der Waals surface area contributed by atoms with Gasteiger partial charge in [0.25, 0.3) is 5.92 Å². The van der Waals surface area contributed by atoms with Crippen molar-refractivity contribution in [1.29, 1.82) is 0 Å². The average Bonchev–Trinajstić information content (AvgIpc) is 2.33. The number of fused-ring (bicyclic) bond motifs is 2. The van der Waals surface area contributed by atoms with E-state index < -0.39 is 17.4 Å². The van der Waals surface area contributed by atoms with E-state index in [0.717, 1.165) is 0 Å². The van der Waals surface area contributed by atoms with Gasteiger partial charge in [0.1, 0.15) is 0 Å². The van der Waals surface area contributed by atoms with Gasteiger partial charge in [-0.1, -0.05) is 13.8 Å². The molecule has 1 aliphatic heterocycles. The molecule has 2 bridgehead atoms. The fourth-order valence-electron chi connectivity index (χ4n) is 3.24. The van der Waals surface area contributed by atoms with Gasteiger partial charge in [-0.05, 0) is 19.3 Å². The first-order valence-corrected chi connectivity index (χ1v) is 4.98. The third-order valence-corrected chi connectivity index (χ3v) is 3.92. The Morgan fingerprint density at radius 1 is 1.38 bits per heavy atom. The minimum atomic E-state index is -2.51. The zero-order valence-corrected chi connectivity index (χ0v) is 8.31. The lowest BCUT2D eigenvalue weighted by molar-refractivity contribution is -0.164. The maximum Gasteiger partial charge on any atom is 0.256 e. The molecule has 1 saturated heterocycles. The van der Waals surface area contributed by atoms with Gasteiger partial charge in [0.05, 0.1) is 17.6 Å². The van der Waals surface area contributed by atoms with Crippen LogP contribution in [0, 0.1) is 11.8 Å². The van der Waals surface area contributed by atoms with E-state index >= 15 is 0 Å². The van der Waals surface area contributed by atoms with Gasteiger partial charge in [0, 0.05) is 6.42 Å². The maximum absolute atomic E-state index is 13.5. The van der Waals surface area contributed by atoms with E-state index in [2.05, 4.69) is 0 Å². The highest BCUT2D eigenvalue weighted by Gasteiger charge is 2.68. The second-order valence-corrected chi connectivity index (χ2v) is 4.49. The van der Waals surface area contributed by atoms with Crippen LogP contribution in [0.25, 0.3) is 0 Å². The normalized spacial score (nSPS) is 52.8. The second-order valence-electron chi connectivity index (χ2n) is 4.49. The molecule has 1 aliphatic carbocycles. The number of ether oxygens (including phenoxy) is 1. The van der Waals surface area contributed by atoms with Crippen molar-refractivity contribution < 1.29 is 13.5 Å². The van der Waals surface area contributed by atoms with Crippen molar-refractivity contribution in [3.63, 3.8) is 0 Å². The van der Waals surface area contributed by atoms with Crippen LogP contribution in [0.4, 0.5) is 8.78 Å². The standard InChI is InChI=1S/C10H16F2O/c1-4-9-5-10(11,12)8(6(9)2)7(3)13-9/h6-8H,4-5H2,1-3H3/t6-,7+,8+,9-/m1/s1. The zero-order valence-electron chi connectivity index (χ0n) is 8.31. The van der Waals surface area contributed by atoms with Crippen LogP contribution in [0.2, 0.25) is 0 Å². The molecule has 0 unspecified atom stereocenters. The summed E-state index contributed by atoms with van der Waals surface area (Å²) in [7, 11) is 0. The first-order chi connectivity index (χ1) is 5.93. The smallest absolute Gasteiger partial charge is 0.256 e. The summed E-state index contributed by atoms with van der Waals surface area (Å²) in [6.07, 6.45) is 0.343. The first-order valence-electron chi connectivity index (χ1n) is 4.98. The second kappa shape index (κ2) is 2.44. The minimum absolute atomic E-state index is 0.00231. The van der Waals surface area contributed by atoms with E-state index in [0.29, 0.717) is 6.42 Å². The van der Waals surface area contributed by atoms with Crippen LogP contribution < -0.4 is 0 Å². The molecule has 2 aliphatic rings. The molecular weight excluding hydrogens is 174 g/mol. The van der Waals surface area contributed by atoms with E-state index in [4.69, 9.17) is 4.74 Å². The molecule has 3 heteroatoms. The molecule has 13 heavy (non-hydrogen) atoms. The number of rotatable bonds is 1. The van der Waals surface area contributed by atoms with Crippen LogP contribution in [-0.2, 0) is 4.74 Å². The van der Waals surface area contributed by atoms with Crippen molar-refractivity contribution in [2.24, 2.45) is 11.8 Å². The Labute approximate surface area is 77.5 Å². The zero-order chi connectivity index (χ0) is 9.85. The third kappa shape index (κ3) is 0.997. The van der Waals surface area contributed by atoms with Gasteiger partial charge >= 0.3 is 0 Å². The summed E-state index contributed by atoms with van der Waals surface area (Å²) in [5.41, 5.74) is -0.534. The Balaban J connectivity index is 2.36. The molecular formula is C10H16F2O. The molecule has 0 spiro atoms. The Kier molecular flexibility index (Phi) is 1.76. The molecule has 0 amide bonds. The fourth-order valence-corrected chi connectivity index (χ4v) is 3.24. The van der Waals surface area contributed by atoms with Gasteiger partial charge in [-0.25, -0.2) is 8.78 Å². The van der Waals surface area contributed by atoms with Crippen molar-refractivity contribution in [2.75, 3.05) is 0 Å². The topological polar surface area (TPSA) is 9.23 Å². The van der Waals surface area contributed by atoms with Crippen LogP contribution in [0.1, 0.15) is 33.6 Å². The van der Waals surface area contributed by atoms with Crippen molar-refractivity contribution in [3.05, 3.63) is 0 Å². The molecule has 0 radical (unpaired) electrons. The molecule has 76 valence electrons. The molecule has 1 heterocycles. The van der Waals surface area contributed by atoms with Crippen LogP contribution in [0.5, 0.6) is 0 Å². The first kappa shape index (κ1) is 9.38. The van der Waals surface area contributed by atoms with Crippen molar-refractivity contribution in [3.8, 4) is 0 Å². The van der Waals surface area contributed by atoms with Crippen LogP contribution >= 0.6 is 0 Å². The third-order valence-electron chi connectivity index (χ3n) is 3.92. The van der Waals surface area contributed by atoms with Crippen molar-refractivity contribution in [2.45, 2.75) is 51.2 Å². The van der Waals surface area contributed by atoms with Gasteiger partial charge in [-0.15, -0.1) is 0 Å². The molecule has 2 rings (SSSR count). The summed E-state index contributed by atoms with van der Waals surface area (Å²) in [4.78, 5) is 0. The van der Waals surface area contributed by atoms with Gasteiger partial charge in [0.2, 0.25) is 0 Å². The number of halogens is 2. The van der Waals surface area contributed by atoms with Crippen molar-refractivity contribution >= 4 is 0 Å². The molecule has 0 N–H and O–H groups in total. The summed E-state index contributed by atoms with van der Waals surface area (Å²) in [5.74, 6) is -3.07. The average molecular weight is 190 g/mol. The highest BCUT2D eigenvalue weighted by Crippen LogP contribution is 2.60. The largest absolute Gasteiger partial charge is 0.371 e. The lowest BCUT2D eigenvalue weighted by Gasteiger charge is -2.33. The fraction of sp³-hybridized carbons (Fsp3) is 1.00. The maximum atomic E-state index is 13.5. The highest BCUT2D eigenvalue weighted by atomic mass is 19.3. The predicted molar refractivity (Wildman–Crippen MR) is 45.8 cm³/mol. The Morgan fingerprint density at radius 2 is 2.00 bits per heavy atom. The Bertz CT molecular complexity index is 229. The van der Waals surface area contributed by atoms with E-state index in [1.54, 1.807) is 6.92 Å².